The third kappa shape index (κ3) is 3.55. The highest BCUT2D eigenvalue weighted by molar-refractivity contribution is 7.17. The Morgan fingerprint density at radius 3 is 2.57 bits per heavy atom. The van der Waals surface area contributed by atoms with Gasteiger partial charge in [0.1, 0.15) is 17.0 Å². The van der Waals surface area contributed by atoms with E-state index in [-0.39, 0.29) is 12.2 Å². The number of benzene rings is 2. The maximum Gasteiger partial charge on any atom is 0.269 e. The zero-order valence-corrected chi connectivity index (χ0v) is 15.5. The number of anilines is 1. The first-order valence-electron chi connectivity index (χ1n) is 8.57. The van der Waals surface area contributed by atoms with Gasteiger partial charge in [0.15, 0.2) is 0 Å². The molecule has 140 valence electrons. The predicted octanol–water partition coefficient (Wildman–Crippen LogP) is 4.41. The number of aliphatic hydroxyl groups is 1. The number of fused-ring (bicyclic) bond motifs is 1. The van der Waals surface area contributed by atoms with Crippen molar-refractivity contribution < 1.29 is 10.0 Å². The summed E-state index contributed by atoms with van der Waals surface area (Å²) in [7, 11) is 0. The summed E-state index contributed by atoms with van der Waals surface area (Å²) in [5.41, 5.74) is 2.69. The molecule has 0 saturated heterocycles. The number of thiophene rings is 1. The van der Waals surface area contributed by atoms with E-state index in [9.17, 15) is 15.2 Å². The SMILES string of the molecule is O=[N+]([O-])c1ccc([C@@H](O)CNc2ncnc3scc(-c4ccccc4)c23)cc1. The number of nitro groups is 1. The Morgan fingerprint density at radius 1 is 1.11 bits per heavy atom. The number of nitrogens with one attached hydrogen (secondary N) is 1. The minimum atomic E-state index is -0.829. The fraction of sp³-hybridized carbons (Fsp3) is 0.100. The molecule has 0 unspecified atom stereocenters. The largest absolute Gasteiger partial charge is 0.387 e. The van der Waals surface area contributed by atoms with Crippen molar-refractivity contribution in [1.29, 1.82) is 0 Å². The molecule has 2 aromatic carbocycles. The monoisotopic (exact) mass is 392 g/mol. The van der Waals surface area contributed by atoms with Gasteiger partial charge in [0.05, 0.1) is 16.4 Å². The van der Waals surface area contributed by atoms with Gasteiger partial charge in [-0.2, -0.15) is 0 Å². The Bertz CT molecular complexity index is 1110. The summed E-state index contributed by atoms with van der Waals surface area (Å²) in [4.78, 5) is 19.8. The molecule has 8 heteroatoms. The van der Waals surface area contributed by atoms with Gasteiger partial charge in [-0.25, -0.2) is 9.97 Å². The lowest BCUT2D eigenvalue weighted by Gasteiger charge is -2.13. The van der Waals surface area contributed by atoms with Crippen molar-refractivity contribution >= 4 is 33.1 Å². The van der Waals surface area contributed by atoms with Gasteiger partial charge in [-0.15, -0.1) is 11.3 Å². The van der Waals surface area contributed by atoms with Crippen LogP contribution in [0.5, 0.6) is 0 Å². The average molecular weight is 392 g/mol. The first kappa shape index (κ1) is 18.0. The maximum atomic E-state index is 10.8. The van der Waals surface area contributed by atoms with E-state index < -0.39 is 11.0 Å². The second-order valence-corrected chi connectivity index (χ2v) is 7.02. The first-order chi connectivity index (χ1) is 13.6. The van der Waals surface area contributed by atoms with Crippen molar-refractivity contribution in [2.75, 3.05) is 11.9 Å². The van der Waals surface area contributed by atoms with Crippen molar-refractivity contribution in [1.82, 2.24) is 9.97 Å². The highest BCUT2D eigenvalue weighted by Crippen LogP contribution is 2.36. The number of non-ortho nitro benzene ring substituents is 1. The number of rotatable bonds is 6. The van der Waals surface area contributed by atoms with Crippen LogP contribution in [0.25, 0.3) is 21.3 Å². The van der Waals surface area contributed by atoms with Crippen LogP contribution in [-0.2, 0) is 0 Å². The van der Waals surface area contributed by atoms with E-state index in [0.717, 1.165) is 21.3 Å². The molecule has 0 radical (unpaired) electrons. The van der Waals surface area contributed by atoms with Crippen LogP contribution in [-0.4, -0.2) is 26.5 Å². The van der Waals surface area contributed by atoms with Gasteiger partial charge in [0, 0.05) is 29.6 Å². The normalized spacial score (nSPS) is 12.0. The highest BCUT2D eigenvalue weighted by Gasteiger charge is 2.15. The lowest BCUT2D eigenvalue weighted by Crippen LogP contribution is -2.13. The molecule has 0 bridgehead atoms. The molecular formula is C20H16N4O3S. The summed E-state index contributed by atoms with van der Waals surface area (Å²) in [5.74, 6) is 0.645. The van der Waals surface area contributed by atoms with Gasteiger partial charge in [-0.1, -0.05) is 30.3 Å². The van der Waals surface area contributed by atoms with E-state index in [2.05, 4.69) is 15.3 Å². The van der Waals surface area contributed by atoms with Crippen LogP contribution in [0.3, 0.4) is 0 Å². The lowest BCUT2D eigenvalue weighted by atomic mass is 10.1. The van der Waals surface area contributed by atoms with Gasteiger partial charge in [-0.05, 0) is 23.3 Å². The Balaban J connectivity index is 1.58. The van der Waals surface area contributed by atoms with E-state index >= 15 is 0 Å². The molecule has 2 aromatic heterocycles. The number of aromatic nitrogens is 2. The fourth-order valence-corrected chi connectivity index (χ4v) is 3.88. The minimum Gasteiger partial charge on any atom is -0.387 e. The second-order valence-electron chi connectivity index (χ2n) is 6.16. The zero-order chi connectivity index (χ0) is 19.5. The van der Waals surface area contributed by atoms with Crippen LogP contribution >= 0.6 is 11.3 Å². The maximum absolute atomic E-state index is 10.8. The zero-order valence-electron chi connectivity index (χ0n) is 14.6. The molecule has 0 saturated carbocycles. The Morgan fingerprint density at radius 2 is 1.86 bits per heavy atom. The molecule has 4 rings (SSSR count). The van der Waals surface area contributed by atoms with Gasteiger partial charge in [-0.3, -0.25) is 10.1 Å². The summed E-state index contributed by atoms with van der Waals surface area (Å²) in [6.45, 7) is 0.216. The van der Waals surface area contributed by atoms with E-state index in [4.69, 9.17) is 0 Å². The molecule has 0 aliphatic heterocycles. The molecular weight excluding hydrogens is 376 g/mol. The van der Waals surface area contributed by atoms with Gasteiger partial charge in [0.2, 0.25) is 0 Å². The van der Waals surface area contributed by atoms with Crippen molar-refractivity contribution in [3.05, 3.63) is 82.0 Å². The molecule has 28 heavy (non-hydrogen) atoms. The third-order valence-electron chi connectivity index (χ3n) is 4.41. The Kier molecular flexibility index (Phi) is 4.96. The smallest absolute Gasteiger partial charge is 0.269 e. The Labute approximate surface area is 164 Å². The van der Waals surface area contributed by atoms with Gasteiger partial charge >= 0.3 is 0 Å². The van der Waals surface area contributed by atoms with Crippen molar-refractivity contribution in [3.63, 3.8) is 0 Å². The molecule has 1 atom stereocenters. The number of nitro benzene ring substituents is 1. The molecule has 2 N–H and O–H groups in total. The molecule has 0 spiro atoms. The van der Waals surface area contributed by atoms with Gasteiger partial charge in [0.25, 0.3) is 5.69 Å². The number of nitrogens with zero attached hydrogens (tertiary/aromatic N) is 3. The molecule has 0 aliphatic carbocycles. The molecule has 0 amide bonds. The Hall–Kier alpha value is -3.36. The summed E-state index contributed by atoms with van der Waals surface area (Å²) in [6, 6.07) is 15.9. The molecule has 0 aliphatic rings. The van der Waals surface area contributed by atoms with E-state index in [1.807, 2.05) is 35.7 Å². The third-order valence-corrected chi connectivity index (χ3v) is 5.29. The first-order valence-corrected chi connectivity index (χ1v) is 9.45. The van der Waals surface area contributed by atoms with Crippen molar-refractivity contribution in [2.45, 2.75) is 6.10 Å². The minimum absolute atomic E-state index is 0.00723. The van der Waals surface area contributed by atoms with Gasteiger partial charge < -0.3 is 10.4 Å². The standard InChI is InChI=1S/C20H16N4O3S/c25-17(14-6-8-15(9-7-14)24(26)27)10-21-19-18-16(13-4-2-1-3-5-13)11-28-20(18)23-12-22-19/h1-9,11-12,17,25H,10H2,(H,21,22,23)/t17-/m0/s1. The number of aliphatic hydroxyl groups excluding tert-OH is 1. The summed E-state index contributed by atoms with van der Waals surface area (Å²) in [5, 5.41) is 27.4. The van der Waals surface area contributed by atoms with Crippen LogP contribution in [0.2, 0.25) is 0 Å². The molecule has 7 nitrogen and oxygen atoms in total. The van der Waals surface area contributed by atoms with E-state index in [1.54, 1.807) is 23.5 Å². The lowest BCUT2D eigenvalue weighted by molar-refractivity contribution is -0.384. The number of hydrogen-bond donors (Lipinski definition) is 2. The summed E-state index contributed by atoms with van der Waals surface area (Å²) in [6.07, 6.45) is 0.665. The highest BCUT2D eigenvalue weighted by atomic mass is 32.1. The fourth-order valence-electron chi connectivity index (χ4n) is 2.97. The van der Waals surface area contributed by atoms with E-state index in [1.165, 1.54) is 18.5 Å². The topological polar surface area (TPSA) is 101 Å². The van der Waals surface area contributed by atoms with Crippen LogP contribution in [0.4, 0.5) is 11.5 Å². The molecule has 4 aromatic rings. The van der Waals surface area contributed by atoms with Crippen LogP contribution in [0.15, 0.2) is 66.3 Å². The molecule has 0 fully saturated rings. The van der Waals surface area contributed by atoms with Crippen molar-refractivity contribution in [3.8, 4) is 11.1 Å². The van der Waals surface area contributed by atoms with Crippen LogP contribution in [0, 0.1) is 10.1 Å². The van der Waals surface area contributed by atoms with Crippen LogP contribution in [0.1, 0.15) is 11.7 Å². The predicted molar refractivity (Wildman–Crippen MR) is 109 cm³/mol. The van der Waals surface area contributed by atoms with E-state index in [0.29, 0.717) is 11.4 Å². The summed E-state index contributed by atoms with van der Waals surface area (Å²) < 4.78 is 0. The second kappa shape index (κ2) is 7.71. The summed E-state index contributed by atoms with van der Waals surface area (Å²) >= 11 is 1.54. The molecule has 2 heterocycles. The average Bonchev–Trinajstić information content (AvgIpc) is 3.17. The number of hydrogen-bond acceptors (Lipinski definition) is 7. The van der Waals surface area contributed by atoms with Crippen LogP contribution < -0.4 is 5.32 Å². The quantitative estimate of drug-likeness (QED) is 0.372. The van der Waals surface area contributed by atoms with Crippen molar-refractivity contribution in [2.24, 2.45) is 0 Å².